The van der Waals surface area contributed by atoms with Gasteiger partial charge in [0.25, 0.3) is 0 Å². The Morgan fingerprint density at radius 1 is 0.923 bits per heavy atom. The predicted octanol–water partition coefficient (Wildman–Crippen LogP) is 5.27. The van der Waals surface area contributed by atoms with Crippen LogP contribution in [0, 0.1) is 0 Å². The van der Waals surface area contributed by atoms with Crippen LogP contribution in [0.15, 0.2) is 41.4 Å². The van der Waals surface area contributed by atoms with E-state index < -0.39 is 0 Å². The molecule has 3 heteroatoms. The van der Waals surface area contributed by atoms with Crippen molar-refractivity contribution < 1.29 is 10.2 Å². The third-order valence-electron chi connectivity index (χ3n) is 4.50. The van der Waals surface area contributed by atoms with Crippen LogP contribution >= 0.6 is 0 Å². The molecule has 0 amide bonds. The summed E-state index contributed by atoms with van der Waals surface area (Å²) in [6.07, 6.45) is 2.38. The van der Waals surface area contributed by atoms with Crippen LogP contribution in [0.1, 0.15) is 63.8 Å². The molecular formula is C23H31NO2. The van der Waals surface area contributed by atoms with Gasteiger partial charge < -0.3 is 10.2 Å². The lowest BCUT2D eigenvalue weighted by atomic mass is 9.79. The van der Waals surface area contributed by atoms with Crippen molar-refractivity contribution in [3.8, 4) is 5.75 Å². The minimum absolute atomic E-state index is 0.0117. The summed E-state index contributed by atoms with van der Waals surface area (Å²) < 4.78 is 0. The number of aliphatic imine (C=N–C) groups is 1. The van der Waals surface area contributed by atoms with E-state index >= 15 is 0 Å². The third kappa shape index (κ3) is 4.95. The highest BCUT2D eigenvalue weighted by Crippen LogP contribution is 2.37. The van der Waals surface area contributed by atoms with Crippen LogP contribution in [0.25, 0.3) is 0 Å². The highest BCUT2D eigenvalue weighted by molar-refractivity contribution is 5.86. The lowest BCUT2D eigenvalue weighted by molar-refractivity contribution is 0.299. The number of hydrogen-bond acceptors (Lipinski definition) is 3. The van der Waals surface area contributed by atoms with Crippen LogP contribution < -0.4 is 0 Å². The Labute approximate surface area is 157 Å². The second-order valence-corrected chi connectivity index (χ2v) is 8.86. The van der Waals surface area contributed by atoms with Crippen LogP contribution in [0.3, 0.4) is 0 Å². The smallest absolute Gasteiger partial charge is 0.128 e. The van der Waals surface area contributed by atoms with E-state index in [1.165, 1.54) is 5.56 Å². The first-order chi connectivity index (χ1) is 12.0. The Hall–Kier alpha value is -2.13. The molecule has 0 heterocycles. The van der Waals surface area contributed by atoms with Gasteiger partial charge in [0, 0.05) is 23.9 Å². The summed E-state index contributed by atoms with van der Waals surface area (Å²) in [6.45, 7) is 13.0. The Morgan fingerprint density at radius 3 is 2.04 bits per heavy atom. The molecule has 0 radical (unpaired) electrons. The monoisotopic (exact) mass is 353 g/mol. The van der Waals surface area contributed by atoms with E-state index in [0.29, 0.717) is 12.2 Å². The number of aliphatic hydroxyl groups is 1. The van der Waals surface area contributed by atoms with Gasteiger partial charge in [-0.25, -0.2) is 0 Å². The molecule has 2 N–H and O–H groups in total. The molecule has 3 nitrogen and oxygen atoms in total. The maximum atomic E-state index is 10.8. The molecule has 2 aromatic rings. The zero-order valence-electron chi connectivity index (χ0n) is 16.8. The molecule has 0 saturated carbocycles. The Kier molecular flexibility index (Phi) is 5.92. The first-order valence-corrected chi connectivity index (χ1v) is 9.14. The van der Waals surface area contributed by atoms with E-state index in [9.17, 15) is 5.11 Å². The lowest BCUT2D eigenvalue weighted by Crippen LogP contribution is -2.17. The average molecular weight is 354 g/mol. The second kappa shape index (κ2) is 7.63. The van der Waals surface area contributed by atoms with Crippen LogP contribution in [-0.2, 0) is 17.3 Å². The summed E-state index contributed by atoms with van der Waals surface area (Å²) >= 11 is 0. The number of phenols is 1. The second-order valence-electron chi connectivity index (χ2n) is 8.86. The Balaban J connectivity index is 2.44. The molecule has 0 unspecified atom stereocenters. The molecule has 0 saturated heterocycles. The van der Waals surface area contributed by atoms with Crippen LogP contribution in [0.2, 0.25) is 0 Å². The zero-order chi connectivity index (χ0) is 19.5. The minimum atomic E-state index is -0.153. The van der Waals surface area contributed by atoms with E-state index in [-0.39, 0.29) is 17.4 Å². The van der Waals surface area contributed by atoms with Crippen molar-refractivity contribution in [1.82, 2.24) is 0 Å². The zero-order valence-corrected chi connectivity index (χ0v) is 16.8. The van der Waals surface area contributed by atoms with Crippen molar-refractivity contribution in [2.24, 2.45) is 4.99 Å². The molecule has 0 aliphatic heterocycles. The van der Waals surface area contributed by atoms with Crippen LogP contribution in [-0.4, -0.2) is 23.0 Å². The number of hydrogen-bond donors (Lipinski definition) is 2. The quantitative estimate of drug-likeness (QED) is 0.735. The first-order valence-electron chi connectivity index (χ1n) is 9.14. The molecule has 0 spiro atoms. The molecule has 0 bridgehead atoms. The van der Waals surface area contributed by atoms with Gasteiger partial charge >= 0.3 is 0 Å². The Morgan fingerprint density at radius 2 is 1.54 bits per heavy atom. The van der Waals surface area contributed by atoms with Crippen molar-refractivity contribution >= 4 is 11.9 Å². The number of rotatable bonds is 4. The minimum Gasteiger partial charge on any atom is -0.507 e. The van der Waals surface area contributed by atoms with E-state index in [1.54, 1.807) is 6.21 Å². The van der Waals surface area contributed by atoms with Gasteiger partial charge in [-0.2, -0.15) is 0 Å². The summed E-state index contributed by atoms with van der Waals surface area (Å²) in [5.74, 6) is 0.297. The fourth-order valence-corrected chi connectivity index (χ4v) is 2.78. The molecule has 26 heavy (non-hydrogen) atoms. The van der Waals surface area contributed by atoms with Gasteiger partial charge in [0.05, 0.1) is 5.69 Å². The summed E-state index contributed by atoms with van der Waals surface area (Å²) in [7, 11) is 0. The summed E-state index contributed by atoms with van der Waals surface area (Å²) in [5.41, 5.74) is 4.59. The number of aliphatic hydroxyl groups excluding tert-OH is 1. The van der Waals surface area contributed by atoms with Gasteiger partial charge in [-0.15, -0.1) is 0 Å². The maximum absolute atomic E-state index is 10.8. The summed E-state index contributed by atoms with van der Waals surface area (Å²) in [4.78, 5) is 4.54. The number of aromatic hydroxyl groups is 1. The van der Waals surface area contributed by atoms with E-state index in [2.05, 4.69) is 52.6 Å². The molecular weight excluding hydrogens is 322 g/mol. The standard InChI is InChI=1S/C23H31NO2/c1-22(2,3)18-13-17(21(26)20(14-18)23(4,5)6)15-24-19-9-7-16(8-10-19)11-12-25/h7-10,13-15,25-26H,11-12H2,1-6H3. The maximum Gasteiger partial charge on any atom is 0.128 e. The third-order valence-corrected chi connectivity index (χ3v) is 4.50. The van der Waals surface area contributed by atoms with Crippen LogP contribution in [0.5, 0.6) is 5.75 Å². The molecule has 140 valence electrons. The number of phenolic OH excluding ortho intramolecular Hbond substituents is 1. The van der Waals surface area contributed by atoms with E-state index in [1.807, 2.05) is 30.3 Å². The van der Waals surface area contributed by atoms with Gasteiger partial charge in [-0.05, 0) is 46.6 Å². The fraction of sp³-hybridized carbons (Fsp3) is 0.435. The summed E-state index contributed by atoms with van der Waals surface area (Å²) in [5, 5.41) is 19.8. The topological polar surface area (TPSA) is 52.8 Å². The highest BCUT2D eigenvalue weighted by atomic mass is 16.3. The van der Waals surface area contributed by atoms with Crippen molar-refractivity contribution in [1.29, 1.82) is 0 Å². The average Bonchev–Trinajstić information content (AvgIpc) is 2.53. The van der Waals surface area contributed by atoms with Crippen molar-refractivity contribution in [3.05, 3.63) is 58.7 Å². The van der Waals surface area contributed by atoms with Crippen LogP contribution in [0.4, 0.5) is 5.69 Å². The molecule has 0 aromatic heterocycles. The van der Waals surface area contributed by atoms with E-state index in [0.717, 1.165) is 22.4 Å². The fourth-order valence-electron chi connectivity index (χ4n) is 2.78. The SMILES string of the molecule is CC(C)(C)c1cc(C=Nc2ccc(CCO)cc2)c(O)c(C(C)(C)C)c1. The van der Waals surface area contributed by atoms with Crippen molar-refractivity contribution in [3.63, 3.8) is 0 Å². The predicted molar refractivity (Wildman–Crippen MR) is 110 cm³/mol. The molecule has 2 rings (SSSR count). The van der Waals surface area contributed by atoms with Crippen molar-refractivity contribution in [2.45, 2.75) is 58.8 Å². The number of nitrogens with zero attached hydrogens (tertiary/aromatic N) is 1. The Bertz CT molecular complexity index is 776. The summed E-state index contributed by atoms with van der Waals surface area (Å²) in [6, 6.07) is 11.9. The highest BCUT2D eigenvalue weighted by Gasteiger charge is 2.24. The van der Waals surface area contributed by atoms with Gasteiger partial charge in [0.1, 0.15) is 5.75 Å². The largest absolute Gasteiger partial charge is 0.507 e. The molecule has 0 atom stereocenters. The van der Waals surface area contributed by atoms with Crippen molar-refractivity contribution in [2.75, 3.05) is 6.61 Å². The first kappa shape index (κ1) is 20.2. The van der Waals surface area contributed by atoms with E-state index in [4.69, 9.17) is 5.11 Å². The molecule has 2 aromatic carbocycles. The molecule has 0 aliphatic carbocycles. The van der Waals surface area contributed by atoms with Gasteiger partial charge in [-0.1, -0.05) is 59.7 Å². The lowest BCUT2D eigenvalue weighted by Gasteiger charge is -2.26. The van der Waals surface area contributed by atoms with Gasteiger partial charge in [0.2, 0.25) is 0 Å². The van der Waals surface area contributed by atoms with Gasteiger partial charge in [0.15, 0.2) is 0 Å². The molecule has 0 fully saturated rings. The van der Waals surface area contributed by atoms with Gasteiger partial charge in [-0.3, -0.25) is 4.99 Å². The normalized spacial score (nSPS) is 12.7. The molecule has 0 aliphatic rings. The number of benzene rings is 2.